The Balaban J connectivity index is 1.63. The smallest absolute Gasteiger partial charge is 0.319 e. The number of anilines is 1. The highest BCUT2D eigenvalue weighted by Gasteiger charge is 2.19. The van der Waals surface area contributed by atoms with Crippen LogP contribution in [0.2, 0.25) is 0 Å². The molecule has 3 rings (SSSR count). The third-order valence-electron chi connectivity index (χ3n) is 4.59. The first-order valence-electron chi connectivity index (χ1n) is 8.92. The summed E-state index contributed by atoms with van der Waals surface area (Å²) in [6, 6.07) is 7.59. The summed E-state index contributed by atoms with van der Waals surface area (Å²) in [4.78, 5) is 16.5. The molecule has 0 atom stereocenters. The minimum absolute atomic E-state index is 0.146. The molecule has 2 N–H and O–H groups in total. The monoisotopic (exact) mass is 368 g/mol. The summed E-state index contributed by atoms with van der Waals surface area (Å²) >= 11 is 0. The normalized spacial score (nSPS) is 13.8. The fraction of sp³-hybridized carbons (Fsp3) is 0.350. The quantitative estimate of drug-likeness (QED) is 0.834. The molecule has 1 heterocycles. The van der Waals surface area contributed by atoms with Gasteiger partial charge in [0, 0.05) is 29.6 Å². The van der Waals surface area contributed by atoms with Gasteiger partial charge in [0.05, 0.1) is 11.6 Å². The van der Waals surface area contributed by atoms with Crippen molar-refractivity contribution in [2.45, 2.75) is 45.3 Å². The Morgan fingerprint density at radius 1 is 1.41 bits per heavy atom. The van der Waals surface area contributed by atoms with Crippen molar-refractivity contribution in [2.24, 2.45) is 0 Å². The van der Waals surface area contributed by atoms with Crippen molar-refractivity contribution in [2.75, 3.05) is 5.32 Å². The number of rotatable bonds is 5. The summed E-state index contributed by atoms with van der Waals surface area (Å²) < 4.78 is 19.8. The van der Waals surface area contributed by atoms with Crippen molar-refractivity contribution in [3.63, 3.8) is 0 Å². The number of nitriles is 1. The van der Waals surface area contributed by atoms with Gasteiger partial charge >= 0.3 is 6.03 Å². The predicted molar refractivity (Wildman–Crippen MR) is 98.8 cm³/mol. The number of nitrogens with one attached hydrogen (secondary N) is 2. The number of halogens is 1. The molecule has 1 aromatic heterocycles. The number of hydrogen-bond acceptors (Lipinski definition) is 4. The minimum atomic E-state index is -0.538. The Morgan fingerprint density at radius 3 is 2.93 bits per heavy atom. The summed E-state index contributed by atoms with van der Waals surface area (Å²) in [6.07, 6.45) is 6.18. The van der Waals surface area contributed by atoms with E-state index in [0.717, 1.165) is 37.3 Å². The molecule has 0 unspecified atom stereocenters. The summed E-state index contributed by atoms with van der Waals surface area (Å²) in [5.74, 6) is -0.0118. The first kappa shape index (κ1) is 18.6. The average Bonchev–Trinajstić information content (AvgIpc) is 3.17. The molecular weight excluding hydrogens is 347 g/mol. The number of amides is 2. The van der Waals surface area contributed by atoms with Gasteiger partial charge in [0.15, 0.2) is 0 Å². The second-order valence-corrected chi connectivity index (χ2v) is 6.54. The minimum Gasteiger partial charge on any atom is -0.474 e. The van der Waals surface area contributed by atoms with Crippen LogP contribution in [0.4, 0.5) is 14.9 Å². The summed E-state index contributed by atoms with van der Waals surface area (Å²) in [5.41, 5.74) is 1.45. The molecule has 2 amide bonds. The van der Waals surface area contributed by atoms with E-state index in [2.05, 4.69) is 15.6 Å². The zero-order valence-corrected chi connectivity index (χ0v) is 15.1. The first-order valence-corrected chi connectivity index (χ1v) is 8.92. The number of ether oxygens (including phenoxy) is 1. The molecule has 2 aromatic rings. The molecule has 1 aliphatic carbocycles. The van der Waals surface area contributed by atoms with Crippen LogP contribution >= 0.6 is 0 Å². The van der Waals surface area contributed by atoms with Crippen molar-refractivity contribution in [1.82, 2.24) is 10.3 Å². The molecule has 6 nitrogen and oxygen atoms in total. The van der Waals surface area contributed by atoms with Gasteiger partial charge in [0.1, 0.15) is 11.9 Å². The molecule has 0 bridgehead atoms. The third kappa shape index (κ3) is 4.73. The molecule has 0 spiro atoms. The van der Waals surface area contributed by atoms with Crippen LogP contribution in [0.1, 0.15) is 42.4 Å². The second-order valence-electron chi connectivity index (χ2n) is 6.54. The van der Waals surface area contributed by atoms with Crippen LogP contribution in [0.15, 0.2) is 30.5 Å². The Kier molecular flexibility index (Phi) is 5.87. The van der Waals surface area contributed by atoms with Gasteiger partial charge in [-0.1, -0.05) is 6.07 Å². The summed E-state index contributed by atoms with van der Waals surface area (Å²) in [5, 5.41) is 14.3. The fourth-order valence-corrected chi connectivity index (χ4v) is 3.04. The average molecular weight is 368 g/mol. The number of carbonyl (C=O) groups excluding carboxylic acids is 1. The highest BCUT2D eigenvalue weighted by atomic mass is 19.1. The molecule has 1 aromatic carbocycles. The van der Waals surface area contributed by atoms with Crippen LogP contribution < -0.4 is 15.4 Å². The Labute approximate surface area is 157 Å². The number of carbonyl (C=O) groups is 1. The summed E-state index contributed by atoms with van der Waals surface area (Å²) in [7, 11) is 0. The lowest BCUT2D eigenvalue weighted by Crippen LogP contribution is -2.29. The van der Waals surface area contributed by atoms with E-state index in [9.17, 15) is 9.18 Å². The maximum atomic E-state index is 13.8. The standard InChI is InChI=1S/C20H21FN4O2/c1-13-17(21)9-14(11-22)10-18(13)25-20(26)24-12-15-5-4-8-23-19(15)27-16-6-2-3-7-16/h4-5,8-10,16H,2-3,6-7,12H2,1H3,(H2,24,25,26). The van der Waals surface area contributed by atoms with E-state index in [1.54, 1.807) is 19.2 Å². The van der Waals surface area contributed by atoms with Gasteiger partial charge < -0.3 is 15.4 Å². The Hall–Kier alpha value is -3.14. The van der Waals surface area contributed by atoms with Gasteiger partial charge in [-0.25, -0.2) is 14.2 Å². The zero-order chi connectivity index (χ0) is 19.2. The lowest BCUT2D eigenvalue weighted by Gasteiger charge is -2.16. The van der Waals surface area contributed by atoms with Crippen LogP contribution in [0.3, 0.4) is 0 Å². The molecule has 1 fully saturated rings. The summed E-state index contributed by atoms with van der Waals surface area (Å²) in [6.45, 7) is 1.77. The molecule has 0 radical (unpaired) electrons. The van der Waals surface area contributed by atoms with Crippen molar-refractivity contribution < 1.29 is 13.9 Å². The fourth-order valence-electron chi connectivity index (χ4n) is 3.04. The van der Waals surface area contributed by atoms with Gasteiger partial charge in [-0.2, -0.15) is 5.26 Å². The number of urea groups is 1. The lowest BCUT2D eigenvalue weighted by molar-refractivity contribution is 0.199. The Morgan fingerprint density at radius 2 is 2.19 bits per heavy atom. The van der Waals surface area contributed by atoms with Gasteiger partial charge in [0.25, 0.3) is 0 Å². The second kappa shape index (κ2) is 8.49. The van der Waals surface area contributed by atoms with Crippen molar-refractivity contribution in [1.29, 1.82) is 5.26 Å². The lowest BCUT2D eigenvalue weighted by atomic mass is 10.1. The number of nitrogens with zero attached hydrogens (tertiary/aromatic N) is 2. The van der Waals surface area contributed by atoms with Crippen molar-refractivity contribution >= 4 is 11.7 Å². The highest BCUT2D eigenvalue weighted by Crippen LogP contribution is 2.25. The van der Waals surface area contributed by atoms with Crippen molar-refractivity contribution in [3.8, 4) is 11.9 Å². The van der Waals surface area contributed by atoms with Gasteiger partial charge in [-0.15, -0.1) is 0 Å². The molecule has 27 heavy (non-hydrogen) atoms. The van der Waals surface area contributed by atoms with E-state index in [1.165, 1.54) is 6.07 Å². The van der Waals surface area contributed by atoms with Crippen LogP contribution in [-0.2, 0) is 6.54 Å². The van der Waals surface area contributed by atoms with Crippen LogP contribution in [0.5, 0.6) is 5.88 Å². The Bertz CT molecular complexity index is 873. The van der Waals surface area contributed by atoms with E-state index in [0.29, 0.717) is 5.88 Å². The van der Waals surface area contributed by atoms with Gasteiger partial charge in [-0.05, 0) is 50.8 Å². The van der Waals surface area contributed by atoms with Gasteiger partial charge in [-0.3, -0.25) is 0 Å². The molecule has 1 aliphatic rings. The number of pyridine rings is 1. The number of aromatic nitrogens is 1. The van der Waals surface area contributed by atoms with Crippen LogP contribution in [0.25, 0.3) is 0 Å². The third-order valence-corrected chi connectivity index (χ3v) is 4.59. The first-order chi connectivity index (χ1) is 13.1. The topological polar surface area (TPSA) is 87.0 Å². The SMILES string of the molecule is Cc1c(F)cc(C#N)cc1NC(=O)NCc1cccnc1OC1CCCC1. The molecular formula is C20H21FN4O2. The van der Waals surface area contributed by atoms with E-state index in [4.69, 9.17) is 10.00 Å². The maximum absolute atomic E-state index is 13.8. The van der Waals surface area contributed by atoms with Crippen LogP contribution in [0, 0.1) is 24.1 Å². The highest BCUT2D eigenvalue weighted by molar-refractivity contribution is 5.90. The zero-order valence-electron chi connectivity index (χ0n) is 15.1. The largest absolute Gasteiger partial charge is 0.474 e. The van der Waals surface area contributed by atoms with E-state index < -0.39 is 11.8 Å². The molecule has 0 aliphatic heterocycles. The van der Waals surface area contributed by atoms with E-state index in [1.807, 2.05) is 12.1 Å². The molecule has 140 valence electrons. The molecule has 0 saturated heterocycles. The van der Waals surface area contributed by atoms with E-state index >= 15 is 0 Å². The van der Waals surface area contributed by atoms with Crippen molar-refractivity contribution in [3.05, 3.63) is 53.0 Å². The van der Waals surface area contributed by atoms with Crippen LogP contribution in [-0.4, -0.2) is 17.1 Å². The molecule has 1 saturated carbocycles. The number of benzene rings is 1. The predicted octanol–water partition coefficient (Wildman–Crippen LogP) is 4.04. The molecule has 7 heteroatoms. The van der Waals surface area contributed by atoms with Gasteiger partial charge in [0.2, 0.25) is 5.88 Å². The number of hydrogen-bond donors (Lipinski definition) is 2. The maximum Gasteiger partial charge on any atom is 0.319 e. The van der Waals surface area contributed by atoms with E-state index in [-0.39, 0.29) is 29.5 Å².